The third-order valence-corrected chi connectivity index (χ3v) is 4.80. The van der Waals surface area contributed by atoms with E-state index in [1.54, 1.807) is 30.3 Å². The maximum Gasteiger partial charge on any atom is 0.269 e. The summed E-state index contributed by atoms with van der Waals surface area (Å²) in [6.07, 6.45) is 2.71. The van der Waals surface area contributed by atoms with Gasteiger partial charge in [0.15, 0.2) is 0 Å². The second kappa shape index (κ2) is 9.18. The molecule has 2 aromatic carbocycles. The Morgan fingerprint density at radius 1 is 1.21 bits per heavy atom. The van der Waals surface area contributed by atoms with Crippen molar-refractivity contribution in [1.29, 1.82) is 0 Å². The molecule has 0 atom stereocenters. The van der Waals surface area contributed by atoms with Crippen LogP contribution >= 0.6 is 0 Å². The summed E-state index contributed by atoms with van der Waals surface area (Å²) in [6.45, 7) is 2.20. The molecular weight excluding hydrogens is 363 g/mol. The number of hydrogen-bond acceptors (Lipinski definition) is 5. The van der Waals surface area contributed by atoms with E-state index in [-0.39, 0.29) is 23.3 Å². The summed E-state index contributed by atoms with van der Waals surface area (Å²) >= 11 is 0. The summed E-state index contributed by atoms with van der Waals surface area (Å²) in [5.74, 6) is -0.687. The molecule has 0 aromatic heterocycles. The zero-order valence-corrected chi connectivity index (χ0v) is 15.3. The normalized spacial score (nSPS) is 15.6. The van der Waals surface area contributed by atoms with Crippen LogP contribution < -0.4 is 5.43 Å². The molecule has 28 heavy (non-hydrogen) atoms. The van der Waals surface area contributed by atoms with Crippen molar-refractivity contribution in [2.75, 3.05) is 13.1 Å². The molecular formula is C20H21FN4O3. The van der Waals surface area contributed by atoms with Crippen LogP contribution in [-0.2, 0) is 11.3 Å². The van der Waals surface area contributed by atoms with Gasteiger partial charge in [-0.1, -0.05) is 30.3 Å². The molecule has 1 aliphatic heterocycles. The Hall–Kier alpha value is -3.13. The number of nitrogens with one attached hydrogen (secondary N) is 1. The van der Waals surface area contributed by atoms with Crippen molar-refractivity contribution in [3.63, 3.8) is 0 Å². The van der Waals surface area contributed by atoms with E-state index in [9.17, 15) is 19.3 Å². The molecule has 0 radical (unpaired) electrons. The molecule has 0 bridgehead atoms. The van der Waals surface area contributed by atoms with Crippen molar-refractivity contribution in [3.8, 4) is 0 Å². The molecule has 1 heterocycles. The number of nitrogens with zero attached hydrogens (tertiary/aromatic N) is 3. The van der Waals surface area contributed by atoms with Crippen molar-refractivity contribution in [1.82, 2.24) is 10.3 Å². The number of carbonyl (C=O) groups is 1. The van der Waals surface area contributed by atoms with Crippen molar-refractivity contribution in [3.05, 3.63) is 75.6 Å². The lowest BCUT2D eigenvalue weighted by Gasteiger charge is -2.30. The van der Waals surface area contributed by atoms with Crippen LogP contribution in [0, 0.1) is 21.8 Å². The third kappa shape index (κ3) is 5.20. The third-order valence-electron chi connectivity index (χ3n) is 4.80. The highest BCUT2D eigenvalue weighted by Crippen LogP contribution is 2.20. The summed E-state index contributed by atoms with van der Waals surface area (Å²) < 4.78 is 13.5. The Labute approximate surface area is 162 Å². The van der Waals surface area contributed by atoms with Crippen molar-refractivity contribution in [2.24, 2.45) is 11.0 Å². The van der Waals surface area contributed by atoms with Gasteiger partial charge in [0.2, 0.25) is 5.91 Å². The van der Waals surface area contributed by atoms with Gasteiger partial charge < -0.3 is 0 Å². The van der Waals surface area contributed by atoms with Crippen LogP contribution in [0.2, 0.25) is 0 Å². The molecule has 0 saturated carbocycles. The van der Waals surface area contributed by atoms with E-state index >= 15 is 0 Å². The number of piperidine rings is 1. The molecule has 0 unspecified atom stereocenters. The first-order valence-corrected chi connectivity index (χ1v) is 9.06. The first-order chi connectivity index (χ1) is 13.5. The van der Waals surface area contributed by atoms with E-state index < -0.39 is 4.92 Å². The van der Waals surface area contributed by atoms with Gasteiger partial charge in [-0.3, -0.25) is 19.8 Å². The predicted octanol–water partition coefficient (Wildman–Crippen LogP) is 3.10. The Morgan fingerprint density at radius 2 is 1.89 bits per heavy atom. The van der Waals surface area contributed by atoms with E-state index in [0.29, 0.717) is 24.9 Å². The molecule has 1 N–H and O–H groups in total. The predicted molar refractivity (Wildman–Crippen MR) is 103 cm³/mol. The van der Waals surface area contributed by atoms with E-state index in [4.69, 9.17) is 0 Å². The molecule has 3 rings (SSSR count). The van der Waals surface area contributed by atoms with Crippen LogP contribution in [0.3, 0.4) is 0 Å². The monoisotopic (exact) mass is 384 g/mol. The Morgan fingerprint density at radius 3 is 2.54 bits per heavy atom. The van der Waals surface area contributed by atoms with Crippen LogP contribution in [-0.4, -0.2) is 35.0 Å². The zero-order chi connectivity index (χ0) is 19.9. The second-order valence-electron chi connectivity index (χ2n) is 6.73. The maximum atomic E-state index is 13.5. The van der Waals surface area contributed by atoms with Crippen molar-refractivity contribution < 1.29 is 14.1 Å². The number of amides is 1. The number of rotatable bonds is 6. The average molecular weight is 384 g/mol. The fourth-order valence-corrected chi connectivity index (χ4v) is 3.17. The average Bonchev–Trinajstić information content (AvgIpc) is 2.70. The van der Waals surface area contributed by atoms with Gasteiger partial charge in [0, 0.05) is 30.2 Å². The van der Waals surface area contributed by atoms with Crippen molar-refractivity contribution in [2.45, 2.75) is 19.4 Å². The van der Waals surface area contributed by atoms with Crippen molar-refractivity contribution >= 4 is 17.8 Å². The minimum atomic E-state index is -0.414. The topological polar surface area (TPSA) is 87.8 Å². The quantitative estimate of drug-likeness (QED) is 0.471. The lowest BCUT2D eigenvalue weighted by molar-refractivity contribution is -0.384. The smallest absolute Gasteiger partial charge is 0.269 e. The first-order valence-electron chi connectivity index (χ1n) is 9.06. The lowest BCUT2D eigenvalue weighted by atomic mass is 9.96. The number of non-ortho nitro benzene ring substituents is 1. The minimum Gasteiger partial charge on any atom is -0.299 e. The number of halogens is 1. The summed E-state index contributed by atoms with van der Waals surface area (Å²) in [4.78, 5) is 24.7. The van der Waals surface area contributed by atoms with Gasteiger partial charge >= 0.3 is 0 Å². The molecule has 7 nitrogen and oxygen atoms in total. The number of nitro benzene ring substituents is 1. The molecule has 146 valence electrons. The largest absolute Gasteiger partial charge is 0.299 e. The van der Waals surface area contributed by atoms with Gasteiger partial charge in [-0.25, -0.2) is 9.82 Å². The van der Waals surface area contributed by atoms with Gasteiger partial charge in [-0.15, -0.1) is 0 Å². The molecule has 1 amide bonds. The van der Waals surface area contributed by atoms with E-state index in [1.165, 1.54) is 24.4 Å². The maximum absolute atomic E-state index is 13.5. The highest BCUT2D eigenvalue weighted by Gasteiger charge is 2.24. The van der Waals surface area contributed by atoms with Gasteiger partial charge in [0.05, 0.1) is 11.1 Å². The van der Waals surface area contributed by atoms with E-state index in [1.807, 2.05) is 0 Å². The van der Waals surface area contributed by atoms with Crippen LogP contribution in [0.1, 0.15) is 24.0 Å². The van der Waals surface area contributed by atoms with Gasteiger partial charge in [-0.2, -0.15) is 5.10 Å². The second-order valence-corrected chi connectivity index (χ2v) is 6.73. The number of nitro groups is 1. The van der Waals surface area contributed by atoms with Gasteiger partial charge in [0.1, 0.15) is 5.82 Å². The number of hydrogen-bond donors (Lipinski definition) is 1. The highest BCUT2D eigenvalue weighted by atomic mass is 19.1. The molecule has 2 aromatic rings. The fourth-order valence-electron chi connectivity index (χ4n) is 3.17. The molecule has 0 spiro atoms. The van der Waals surface area contributed by atoms with Gasteiger partial charge in [-0.05, 0) is 37.6 Å². The summed E-state index contributed by atoms with van der Waals surface area (Å²) in [7, 11) is 0. The fraction of sp³-hybridized carbons (Fsp3) is 0.300. The first kappa shape index (κ1) is 19.6. The van der Waals surface area contributed by atoms with Crippen LogP contribution in [0.15, 0.2) is 53.6 Å². The van der Waals surface area contributed by atoms with Crippen LogP contribution in [0.4, 0.5) is 10.1 Å². The van der Waals surface area contributed by atoms with Crippen LogP contribution in [0.25, 0.3) is 0 Å². The number of likely N-dealkylation sites (tertiary alicyclic amines) is 1. The van der Waals surface area contributed by atoms with E-state index in [2.05, 4.69) is 15.4 Å². The van der Waals surface area contributed by atoms with E-state index in [0.717, 1.165) is 18.7 Å². The molecule has 1 saturated heterocycles. The summed E-state index contributed by atoms with van der Waals surface area (Å²) in [5, 5.41) is 14.6. The molecule has 8 heteroatoms. The molecule has 0 aliphatic carbocycles. The molecule has 1 aliphatic rings. The summed E-state index contributed by atoms with van der Waals surface area (Å²) in [5.41, 5.74) is 3.89. The zero-order valence-electron chi connectivity index (χ0n) is 15.3. The SMILES string of the molecule is O=C(N/N=C\c1ccccc1F)C1CCN(Cc2ccc([N+](=O)[O-])cc2)CC1. The Bertz CT molecular complexity index is 862. The lowest BCUT2D eigenvalue weighted by Crippen LogP contribution is -2.39. The Balaban J connectivity index is 1.45. The molecule has 1 fully saturated rings. The highest BCUT2D eigenvalue weighted by molar-refractivity contribution is 5.83. The number of carbonyl (C=O) groups excluding carboxylic acids is 1. The number of benzene rings is 2. The Kier molecular flexibility index (Phi) is 6.44. The summed E-state index contributed by atoms with van der Waals surface area (Å²) in [6, 6.07) is 12.7. The minimum absolute atomic E-state index is 0.0788. The standard InChI is InChI=1S/C20H21FN4O3/c21-19-4-2-1-3-17(19)13-22-23-20(26)16-9-11-24(12-10-16)14-15-5-7-18(8-6-15)25(27)28/h1-8,13,16H,9-12,14H2,(H,23,26)/b22-13-. The van der Waals surface area contributed by atoms with Gasteiger partial charge in [0.25, 0.3) is 5.69 Å². The van der Waals surface area contributed by atoms with Crippen LogP contribution in [0.5, 0.6) is 0 Å². The number of hydrazone groups is 1.